The molecule has 146 valence electrons. The Morgan fingerprint density at radius 1 is 0.655 bits per heavy atom. The van der Waals surface area contributed by atoms with Crippen LogP contribution < -0.4 is 15.9 Å². The van der Waals surface area contributed by atoms with Gasteiger partial charge in [0.25, 0.3) is 0 Å². The SMILES string of the molecule is [B]OC=NCCCCCC[P+](c1ccccc1)(c1ccccc1)c1ccccc1. The Morgan fingerprint density at radius 2 is 1.10 bits per heavy atom. The topological polar surface area (TPSA) is 21.6 Å². The van der Waals surface area contributed by atoms with E-state index in [-0.39, 0.29) is 0 Å². The van der Waals surface area contributed by atoms with Crippen LogP contribution in [0.4, 0.5) is 0 Å². The molecule has 29 heavy (non-hydrogen) atoms. The Labute approximate surface area is 176 Å². The van der Waals surface area contributed by atoms with Crippen molar-refractivity contribution in [3.63, 3.8) is 0 Å². The summed E-state index contributed by atoms with van der Waals surface area (Å²) in [6.07, 6.45) is 7.13. The normalized spacial score (nSPS) is 11.6. The van der Waals surface area contributed by atoms with Crippen LogP contribution in [0.25, 0.3) is 0 Å². The van der Waals surface area contributed by atoms with Gasteiger partial charge in [0.2, 0.25) is 0 Å². The van der Waals surface area contributed by atoms with Crippen molar-refractivity contribution in [1.82, 2.24) is 0 Å². The Kier molecular flexibility index (Phi) is 8.52. The quantitative estimate of drug-likeness (QED) is 0.151. The highest BCUT2D eigenvalue weighted by Gasteiger charge is 2.44. The summed E-state index contributed by atoms with van der Waals surface area (Å²) >= 11 is 0. The van der Waals surface area contributed by atoms with Crippen molar-refractivity contribution in [3.05, 3.63) is 91.0 Å². The maximum atomic E-state index is 4.96. The summed E-state index contributed by atoms with van der Waals surface area (Å²) in [5, 5.41) is 4.38. The second-order valence-electron chi connectivity index (χ2n) is 7.10. The van der Waals surface area contributed by atoms with Crippen LogP contribution in [0.5, 0.6) is 0 Å². The first kappa shape index (κ1) is 21.3. The fourth-order valence-corrected chi connectivity index (χ4v) is 8.29. The lowest BCUT2D eigenvalue weighted by Gasteiger charge is -2.27. The molecule has 4 heteroatoms. The number of rotatable bonds is 11. The Morgan fingerprint density at radius 3 is 1.55 bits per heavy atom. The number of nitrogens with zero attached hydrogens (tertiary/aromatic N) is 1. The van der Waals surface area contributed by atoms with Crippen molar-refractivity contribution >= 4 is 37.6 Å². The van der Waals surface area contributed by atoms with E-state index in [4.69, 9.17) is 8.05 Å². The molecule has 2 nitrogen and oxygen atoms in total. The van der Waals surface area contributed by atoms with Crippen LogP contribution in [0, 0.1) is 0 Å². The zero-order valence-corrected chi connectivity index (χ0v) is 17.8. The summed E-state index contributed by atoms with van der Waals surface area (Å²) in [4.78, 5) is 4.11. The van der Waals surface area contributed by atoms with Gasteiger partial charge < -0.3 is 4.65 Å². The van der Waals surface area contributed by atoms with Crippen molar-refractivity contribution in [2.75, 3.05) is 12.7 Å². The van der Waals surface area contributed by atoms with Crippen molar-refractivity contribution in [3.8, 4) is 0 Å². The van der Waals surface area contributed by atoms with Gasteiger partial charge in [-0.3, -0.25) is 4.99 Å². The van der Waals surface area contributed by atoms with Gasteiger partial charge in [-0.05, 0) is 55.7 Å². The van der Waals surface area contributed by atoms with E-state index in [0.717, 1.165) is 13.0 Å². The Balaban J connectivity index is 1.86. The largest absolute Gasteiger partial charge is 0.560 e. The minimum atomic E-state index is -1.69. The number of unbranched alkanes of at least 4 members (excludes halogenated alkanes) is 3. The van der Waals surface area contributed by atoms with Crippen LogP contribution in [-0.4, -0.2) is 27.2 Å². The minimum absolute atomic E-state index is 0.771. The Bertz CT molecular complexity index is 759. The Hall–Kier alpha value is -2.38. The number of benzene rings is 3. The molecule has 0 saturated carbocycles. The van der Waals surface area contributed by atoms with Crippen LogP contribution in [0.2, 0.25) is 0 Å². The summed E-state index contributed by atoms with van der Waals surface area (Å²) in [6.45, 7) is 0.771. The third-order valence-corrected chi connectivity index (χ3v) is 9.78. The second-order valence-corrected chi connectivity index (χ2v) is 10.7. The van der Waals surface area contributed by atoms with E-state index >= 15 is 0 Å². The number of aliphatic imine (C=N–C) groups is 1. The molecule has 2 radical (unpaired) electrons. The third-order valence-electron chi connectivity index (χ3n) is 5.26. The van der Waals surface area contributed by atoms with Gasteiger partial charge in [-0.15, -0.1) is 0 Å². The van der Waals surface area contributed by atoms with E-state index in [1.807, 2.05) is 0 Å². The van der Waals surface area contributed by atoms with Crippen LogP contribution in [-0.2, 0) is 4.65 Å². The summed E-state index contributed by atoms with van der Waals surface area (Å²) in [6, 6.07) is 33.3. The number of hydrogen-bond acceptors (Lipinski definition) is 2. The zero-order valence-electron chi connectivity index (χ0n) is 16.9. The summed E-state index contributed by atoms with van der Waals surface area (Å²) < 4.78 is 4.37. The molecule has 0 fully saturated rings. The summed E-state index contributed by atoms with van der Waals surface area (Å²) in [7, 11) is 3.27. The molecule has 0 aromatic heterocycles. The van der Waals surface area contributed by atoms with E-state index in [1.165, 1.54) is 47.7 Å². The molecule has 0 heterocycles. The van der Waals surface area contributed by atoms with Gasteiger partial charge in [0.1, 0.15) is 29.6 Å². The van der Waals surface area contributed by atoms with Crippen LogP contribution >= 0.6 is 7.26 Å². The molecule has 0 spiro atoms. The lowest BCUT2D eigenvalue weighted by atomic mass is 10.2. The highest BCUT2D eigenvalue weighted by Crippen LogP contribution is 2.55. The highest BCUT2D eigenvalue weighted by atomic mass is 31.2. The van der Waals surface area contributed by atoms with Crippen molar-refractivity contribution in [2.45, 2.75) is 25.7 Å². The first-order valence-electron chi connectivity index (χ1n) is 10.3. The molecule has 0 amide bonds. The molecule has 3 rings (SSSR count). The molecule has 3 aromatic carbocycles. The lowest BCUT2D eigenvalue weighted by molar-refractivity contribution is 0.625. The third kappa shape index (κ3) is 5.58. The van der Waals surface area contributed by atoms with E-state index < -0.39 is 7.26 Å². The first-order valence-corrected chi connectivity index (χ1v) is 12.2. The molecule has 0 aliphatic carbocycles. The van der Waals surface area contributed by atoms with Gasteiger partial charge in [0.15, 0.2) is 0 Å². The molecule has 0 saturated heterocycles. The van der Waals surface area contributed by atoms with Gasteiger partial charge >= 0.3 is 8.05 Å². The minimum Gasteiger partial charge on any atom is -0.560 e. The van der Waals surface area contributed by atoms with Crippen LogP contribution in [0.1, 0.15) is 25.7 Å². The van der Waals surface area contributed by atoms with E-state index in [9.17, 15) is 0 Å². The van der Waals surface area contributed by atoms with Crippen molar-refractivity contribution < 1.29 is 4.65 Å². The van der Waals surface area contributed by atoms with Gasteiger partial charge in [-0.2, -0.15) is 0 Å². The average Bonchev–Trinajstić information content (AvgIpc) is 2.80. The zero-order chi connectivity index (χ0) is 20.2. The number of hydrogen-bond donors (Lipinski definition) is 0. The van der Waals surface area contributed by atoms with Crippen molar-refractivity contribution in [2.24, 2.45) is 4.99 Å². The van der Waals surface area contributed by atoms with Gasteiger partial charge in [-0.1, -0.05) is 61.0 Å². The summed E-state index contributed by atoms with van der Waals surface area (Å²) in [5.74, 6) is 0. The smallest absolute Gasteiger partial charge is 0.375 e. The molecule has 3 aromatic rings. The molecule has 0 bridgehead atoms. The predicted octanol–water partition coefficient (Wildman–Crippen LogP) is 4.67. The van der Waals surface area contributed by atoms with Gasteiger partial charge in [-0.25, -0.2) is 0 Å². The molecule has 0 atom stereocenters. The van der Waals surface area contributed by atoms with E-state index in [0.29, 0.717) is 0 Å². The fourth-order valence-electron chi connectivity index (χ4n) is 3.88. The van der Waals surface area contributed by atoms with Crippen LogP contribution in [0.15, 0.2) is 96.0 Å². The first-order chi connectivity index (χ1) is 14.4. The molecule has 0 aliphatic heterocycles. The second kappa shape index (κ2) is 11.6. The standard InChI is InChI=1S/C25H28BNOP/c26-28-22-27-20-12-1-2-13-21-29(23-14-6-3-7-15-23,24-16-8-4-9-17-24)25-18-10-5-11-19-25/h3-11,14-19,22H,1-2,12-13,20-21H2/q+1. The predicted molar refractivity (Wildman–Crippen MR) is 129 cm³/mol. The monoisotopic (exact) mass is 400 g/mol. The fraction of sp³-hybridized carbons (Fsp3) is 0.240. The lowest BCUT2D eigenvalue weighted by Crippen LogP contribution is -2.33. The van der Waals surface area contributed by atoms with Crippen LogP contribution in [0.3, 0.4) is 0 Å². The van der Waals surface area contributed by atoms with E-state index in [1.54, 1.807) is 0 Å². The molecular weight excluding hydrogens is 372 g/mol. The maximum Gasteiger partial charge on any atom is 0.375 e. The molecule has 0 aliphatic rings. The highest BCUT2D eigenvalue weighted by molar-refractivity contribution is 7.95. The summed E-state index contributed by atoms with van der Waals surface area (Å²) in [5.41, 5.74) is 0. The molecular formula is C25H28BNOP+. The van der Waals surface area contributed by atoms with Gasteiger partial charge in [0, 0.05) is 6.54 Å². The van der Waals surface area contributed by atoms with Crippen molar-refractivity contribution in [1.29, 1.82) is 0 Å². The maximum absolute atomic E-state index is 4.96. The molecule has 0 unspecified atom stereocenters. The van der Waals surface area contributed by atoms with E-state index in [2.05, 4.69) is 101 Å². The molecule has 0 N–H and O–H groups in total. The van der Waals surface area contributed by atoms with Gasteiger partial charge in [0.05, 0.1) is 6.16 Å². The average molecular weight is 400 g/mol.